The van der Waals surface area contributed by atoms with Crippen LogP contribution in [0.4, 0.5) is 0 Å². The minimum absolute atomic E-state index is 0.0900. The Morgan fingerprint density at radius 2 is 1.60 bits per heavy atom. The molecule has 0 fully saturated rings. The molecule has 0 saturated carbocycles. The molecular formula is C38H40ClNO4S. The molecule has 0 radical (unpaired) electrons. The van der Waals surface area contributed by atoms with Gasteiger partial charge in [0.2, 0.25) is 0 Å². The monoisotopic (exact) mass is 641 g/mol. The molecule has 7 heteroatoms. The first-order valence-electron chi connectivity index (χ1n) is 15.1. The summed E-state index contributed by atoms with van der Waals surface area (Å²) in [5.74, 6) is 0.510. The van der Waals surface area contributed by atoms with Crippen LogP contribution in [0.25, 0.3) is 31.9 Å². The number of halogens is 1. The highest BCUT2D eigenvalue weighted by atomic mass is 35.5. The molecule has 1 atom stereocenters. The second-order valence-electron chi connectivity index (χ2n) is 13.2. The molecule has 0 aliphatic rings. The molecule has 5 rings (SSSR count). The van der Waals surface area contributed by atoms with Gasteiger partial charge in [0.25, 0.3) is 0 Å². The summed E-state index contributed by atoms with van der Waals surface area (Å²) in [6, 6.07) is 28.1. The fourth-order valence-electron chi connectivity index (χ4n) is 5.08. The molecule has 1 aromatic heterocycles. The zero-order valence-electron chi connectivity index (χ0n) is 26.9. The third-order valence-corrected chi connectivity index (χ3v) is 8.58. The summed E-state index contributed by atoms with van der Waals surface area (Å²) in [7, 11) is 0. The molecule has 0 aliphatic carbocycles. The van der Waals surface area contributed by atoms with Crippen molar-refractivity contribution in [2.45, 2.75) is 66.8 Å². The molecule has 0 saturated heterocycles. The smallest absolute Gasteiger partial charge is 0.311 e. The van der Waals surface area contributed by atoms with E-state index in [9.17, 15) is 4.79 Å². The summed E-state index contributed by atoms with van der Waals surface area (Å²) >= 11 is 7.95. The Balaban J connectivity index is 1.61. The number of aromatic nitrogens is 1. The van der Waals surface area contributed by atoms with Crippen LogP contribution in [0.2, 0.25) is 5.02 Å². The van der Waals surface area contributed by atoms with Crippen molar-refractivity contribution < 1.29 is 19.0 Å². The number of aryl methyl sites for hydroxylation is 1. The number of fused-ring (bicyclic) bond motifs is 1. The molecule has 0 N–H and O–H groups in total. The van der Waals surface area contributed by atoms with Crippen molar-refractivity contribution in [2.24, 2.45) is 5.41 Å². The highest BCUT2D eigenvalue weighted by molar-refractivity contribution is 7.22. The minimum Gasteiger partial charge on any atom is -0.489 e. The molecule has 45 heavy (non-hydrogen) atoms. The lowest BCUT2D eigenvalue weighted by Crippen LogP contribution is -2.30. The van der Waals surface area contributed by atoms with Crippen molar-refractivity contribution in [3.63, 3.8) is 0 Å². The molecule has 0 unspecified atom stereocenters. The predicted octanol–water partition coefficient (Wildman–Crippen LogP) is 10.6. The molecule has 234 valence electrons. The van der Waals surface area contributed by atoms with Crippen LogP contribution in [-0.4, -0.2) is 23.2 Å². The van der Waals surface area contributed by atoms with Gasteiger partial charge in [-0.25, -0.2) is 4.98 Å². The van der Waals surface area contributed by atoms with Crippen molar-refractivity contribution in [1.82, 2.24) is 4.98 Å². The van der Waals surface area contributed by atoms with E-state index in [0.717, 1.165) is 54.4 Å². The van der Waals surface area contributed by atoms with E-state index in [1.54, 1.807) is 11.3 Å². The Hall–Kier alpha value is -3.71. The molecule has 5 nitrogen and oxygen atoms in total. The van der Waals surface area contributed by atoms with Gasteiger partial charge in [0, 0.05) is 16.1 Å². The van der Waals surface area contributed by atoms with Crippen molar-refractivity contribution in [3.05, 3.63) is 107 Å². The van der Waals surface area contributed by atoms with E-state index < -0.39 is 17.1 Å². The second kappa shape index (κ2) is 13.3. The van der Waals surface area contributed by atoms with Crippen LogP contribution < -0.4 is 4.74 Å². The Labute approximate surface area is 275 Å². The van der Waals surface area contributed by atoms with E-state index in [1.165, 1.54) is 0 Å². The van der Waals surface area contributed by atoms with Crippen LogP contribution in [0, 0.1) is 12.3 Å². The van der Waals surface area contributed by atoms with E-state index in [0.29, 0.717) is 11.6 Å². The first-order valence-corrected chi connectivity index (χ1v) is 16.3. The number of ether oxygens (including phenoxy) is 3. The van der Waals surface area contributed by atoms with Gasteiger partial charge in [0.05, 0.1) is 21.2 Å². The van der Waals surface area contributed by atoms with Gasteiger partial charge in [-0.1, -0.05) is 66.2 Å². The Bertz CT molecular complexity index is 1780. The van der Waals surface area contributed by atoms with E-state index in [1.807, 2.05) is 102 Å². The van der Waals surface area contributed by atoms with Gasteiger partial charge in [-0.3, -0.25) is 4.79 Å². The van der Waals surface area contributed by atoms with Crippen molar-refractivity contribution in [2.75, 3.05) is 6.61 Å². The number of benzene rings is 4. The Kier molecular flexibility index (Phi) is 9.68. The number of carbonyl (C=O) groups excluding carboxylic acids is 1. The quantitative estimate of drug-likeness (QED) is 0.150. The van der Waals surface area contributed by atoms with Crippen LogP contribution in [0.15, 0.2) is 84.9 Å². The lowest BCUT2D eigenvalue weighted by Gasteiger charge is -2.31. The van der Waals surface area contributed by atoms with Gasteiger partial charge in [0.1, 0.15) is 30.1 Å². The maximum Gasteiger partial charge on any atom is 0.311 e. The molecule has 4 aromatic carbocycles. The van der Waals surface area contributed by atoms with Crippen LogP contribution >= 0.6 is 22.9 Å². The first kappa shape index (κ1) is 32.7. The normalized spacial score (nSPS) is 12.7. The zero-order valence-corrected chi connectivity index (χ0v) is 28.5. The van der Waals surface area contributed by atoms with Crippen LogP contribution in [0.3, 0.4) is 0 Å². The van der Waals surface area contributed by atoms with Crippen molar-refractivity contribution in [1.29, 1.82) is 0 Å². The lowest BCUT2D eigenvalue weighted by molar-refractivity contribution is -0.162. The Morgan fingerprint density at radius 3 is 2.27 bits per heavy atom. The zero-order chi connectivity index (χ0) is 32.4. The maximum absolute atomic E-state index is 12.9. The fourth-order valence-corrected chi connectivity index (χ4v) is 6.33. The molecule has 0 spiro atoms. The van der Waals surface area contributed by atoms with Crippen molar-refractivity contribution in [3.8, 4) is 27.4 Å². The van der Waals surface area contributed by atoms with Gasteiger partial charge in [0.15, 0.2) is 0 Å². The summed E-state index contributed by atoms with van der Waals surface area (Å²) in [5.41, 5.74) is 5.82. The average molecular weight is 642 g/mol. The first-order chi connectivity index (χ1) is 21.3. The fraction of sp³-hybridized carbons (Fsp3) is 0.316. The lowest BCUT2D eigenvalue weighted by atomic mass is 9.91. The van der Waals surface area contributed by atoms with Gasteiger partial charge in [-0.2, -0.15) is 0 Å². The van der Waals surface area contributed by atoms with Gasteiger partial charge >= 0.3 is 5.97 Å². The third kappa shape index (κ3) is 8.12. The Morgan fingerprint density at radius 1 is 0.889 bits per heavy atom. The van der Waals surface area contributed by atoms with Gasteiger partial charge in [-0.15, -0.1) is 11.3 Å². The number of nitrogens with zero attached hydrogens (tertiary/aromatic N) is 1. The summed E-state index contributed by atoms with van der Waals surface area (Å²) < 4.78 is 19.7. The summed E-state index contributed by atoms with van der Waals surface area (Å²) in [4.78, 5) is 18.0. The highest BCUT2D eigenvalue weighted by Crippen LogP contribution is 2.44. The SMILES string of the molecule is Cc1cc2nc(-c3cccc(OCc4ccccc4)c3)sc2c(-c2ccc(Cl)cc2)c1[C@@H](COC(=O)C(C)(C)C)OC(C)(C)C. The van der Waals surface area contributed by atoms with Gasteiger partial charge in [-0.05, 0) is 101 Å². The molecule has 5 aromatic rings. The molecule has 1 heterocycles. The van der Waals surface area contributed by atoms with E-state index in [4.69, 9.17) is 30.8 Å². The van der Waals surface area contributed by atoms with Crippen molar-refractivity contribution >= 4 is 39.1 Å². The largest absolute Gasteiger partial charge is 0.489 e. The topological polar surface area (TPSA) is 57.7 Å². The number of esters is 1. The second-order valence-corrected chi connectivity index (χ2v) is 14.7. The summed E-state index contributed by atoms with van der Waals surface area (Å²) in [5, 5.41) is 1.54. The summed E-state index contributed by atoms with van der Waals surface area (Å²) in [6.45, 7) is 14.2. The predicted molar refractivity (Wildman–Crippen MR) is 185 cm³/mol. The minimum atomic E-state index is -0.629. The van der Waals surface area contributed by atoms with E-state index >= 15 is 0 Å². The van der Waals surface area contributed by atoms with E-state index in [-0.39, 0.29) is 12.6 Å². The molecule has 0 aliphatic heterocycles. The van der Waals surface area contributed by atoms with Gasteiger partial charge < -0.3 is 14.2 Å². The average Bonchev–Trinajstić information content (AvgIpc) is 3.41. The van der Waals surface area contributed by atoms with Crippen LogP contribution in [0.1, 0.15) is 64.3 Å². The molecule has 0 bridgehead atoms. The number of thiazole rings is 1. The van der Waals surface area contributed by atoms with E-state index in [2.05, 4.69) is 31.2 Å². The third-order valence-electron chi connectivity index (χ3n) is 7.19. The maximum atomic E-state index is 12.9. The number of hydrogen-bond donors (Lipinski definition) is 0. The highest BCUT2D eigenvalue weighted by Gasteiger charge is 2.31. The molecule has 0 amide bonds. The van der Waals surface area contributed by atoms with Crippen LogP contribution in [-0.2, 0) is 20.9 Å². The summed E-state index contributed by atoms with van der Waals surface area (Å²) in [6.07, 6.45) is -0.508. The number of carbonyl (C=O) groups is 1. The number of hydrogen-bond acceptors (Lipinski definition) is 6. The standard InChI is InChI=1S/C38H40ClNO4S/c1-24-20-30-34(45-35(40-30)27-14-11-15-29(21-27)42-22-25-12-9-8-10-13-25)33(26-16-18-28(39)19-17-26)32(24)31(44-38(5,6)7)23-43-36(41)37(2,3)4/h8-21,31H,22-23H2,1-7H3/t31-/m1/s1. The molecular weight excluding hydrogens is 602 g/mol. The number of rotatable bonds is 9. The van der Waals surface area contributed by atoms with Crippen LogP contribution in [0.5, 0.6) is 5.75 Å².